The third-order valence-corrected chi connectivity index (χ3v) is 3.65. The number of anilines is 2. The van der Waals surface area contributed by atoms with Gasteiger partial charge in [-0.05, 0) is 49.2 Å². The summed E-state index contributed by atoms with van der Waals surface area (Å²) in [5.41, 5.74) is 3.88. The average molecular weight is 303 g/mol. The third kappa shape index (κ3) is 4.50. The van der Waals surface area contributed by atoms with Gasteiger partial charge in [-0.2, -0.15) is 0 Å². The minimum atomic E-state index is -0.0273. The number of carbonyl (C=O) groups is 1. The summed E-state index contributed by atoms with van der Waals surface area (Å²) in [7, 11) is 0. The standard InChI is InChI=1S/C17H19ClN2O/c1-12-5-3-6-14(11-12)19-10-9-17(21)20-16-8-4-7-15(18)13(16)2/h3-8,11,19H,9-10H2,1-2H3,(H,20,21). The summed E-state index contributed by atoms with van der Waals surface area (Å²) in [6.07, 6.45) is 0.403. The Balaban J connectivity index is 1.84. The highest BCUT2D eigenvalue weighted by molar-refractivity contribution is 6.31. The van der Waals surface area contributed by atoms with Gasteiger partial charge in [0.15, 0.2) is 0 Å². The molecule has 0 saturated carbocycles. The van der Waals surface area contributed by atoms with Gasteiger partial charge in [0.2, 0.25) is 5.91 Å². The van der Waals surface area contributed by atoms with Crippen molar-refractivity contribution in [3.05, 3.63) is 58.6 Å². The van der Waals surface area contributed by atoms with Gasteiger partial charge in [0.1, 0.15) is 0 Å². The molecule has 0 aliphatic heterocycles. The maximum atomic E-state index is 11.9. The zero-order valence-electron chi connectivity index (χ0n) is 12.2. The van der Waals surface area contributed by atoms with E-state index in [1.807, 2.05) is 50.2 Å². The van der Waals surface area contributed by atoms with Crippen molar-refractivity contribution in [1.82, 2.24) is 0 Å². The molecule has 0 unspecified atom stereocenters. The molecule has 2 aromatic carbocycles. The maximum Gasteiger partial charge on any atom is 0.226 e. The fourth-order valence-corrected chi connectivity index (χ4v) is 2.21. The fraction of sp³-hybridized carbons (Fsp3) is 0.235. The Morgan fingerprint density at radius 1 is 1.14 bits per heavy atom. The van der Waals surface area contributed by atoms with Gasteiger partial charge in [-0.25, -0.2) is 0 Å². The number of aryl methyl sites for hydroxylation is 1. The fourth-order valence-electron chi connectivity index (χ4n) is 2.03. The number of nitrogens with one attached hydrogen (secondary N) is 2. The molecule has 0 saturated heterocycles. The summed E-state index contributed by atoms with van der Waals surface area (Å²) in [6, 6.07) is 13.6. The van der Waals surface area contributed by atoms with Crippen LogP contribution in [-0.4, -0.2) is 12.5 Å². The van der Waals surface area contributed by atoms with E-state index in [-0.39, 0.29) is 5.91 Å². The summed E-state index contributed by atoms with van der Waals surface area (Å²) in [6.45, 7) is 4.53. The van der Waals surface area contributed by atoms with Crippen molar-refractivity contribution in [2.45, 2.75) is 20.3 Å². The maximum absolute atomic E-state index is 11.9. The molecule has 0 aromatic heterocycles. The first-order valence-electron chi connectivity index (χ1n) is 6.92. The van der Waals surface area contributed by atoms with Crippen molar-refractivity contribution in [1.29, 1.82) is 0 Å². The molecule has 0 heterocycles. The minimum Gasteiger partial charge on any atom is -0.385 e. The number of hydrogen-bond donors (Lipinski definition) is 2. The van der Waals surface area contributed by atoms with Gasteiger partial charge in [0.25, 0.3) is 0 Å². The van der Waals surface area contributed by atoms with Crippen LogP contribution in [-0.2, 0) is 4.79 Å². The van der Waals surface area contributed by atoms with Gasteiger partial charge in [-0.1, -0.05) is 29.8 Å². The Morgan fingerprint density at radius 2 is 1.90 bits per heavy atom. The molecule has 4 heteroatoms. The normalized spacial score (nSPS) is 10.2. The smallest absolute Gasteiger partial charge is 0.226 e. The van der Waals surface area contributed by atoms with Crippen LogP contribution in [0.4, 0.5) is 11.4 Å². The molecule has 21 heavy (non-hydrogen) atoms. The van der Waals surface area contributed by atoms with Crippen molar-refractivity contribution >= 4 is 28.9 Å². The molecule has 2 N–H and O–H groups in total. The van der Waals surface area contributed by atoms with E-state index >= 15 is 0 Å². The quantitative estimate of drug-likeness (QED) is 0.859. The second-order valence-electron chi connectivity index (χ2n) is 5.01. The van der Waals surface area contributed by atoms with Gasteiger partial charge in [-0.15, -0.1) is 0 Å². The monoisotopic (exact) mass is 302 g/mol. The Morgan fingerprint density at radius 3 is 2.67 bits per heavy atom. The molecular formula is C17H19ClN2O. The molecule has 2 aromatic rings. The summed E-state index contributed by atoms with van der Waals surface area (Å²) >= 11 is 6.03. The summed E-state index contributed by atoms with van der Waals surface area (Å²) in [5.74, 6) is -0.0273. The third-order valence-electron chi connectivity index (χ3n) is 3.24. The number of halogens is 1. The lowest BCUT2D eigenvalue weighted by atomic mass is 10.2. The Labute approximate surface area is 130 Å². The van der Waals surface area contributed by atoms with Crippen LogP contribution >= 0.6 is 11.6 Å². The number of carbonyl (C=O) groups excluding carboxylic acids is 1. The molecule has 110 valence electrons. The molecule has 0 fully saturated rings. The Hall–Kier alpha value is -2.00. The SMILES string of the molecule is Cc1cccc(NCCC(=O)Nc2cccc(Cl)c2C)c1. The topological polar surface area (TPSA) is 41.1 Å². The first-order chi connectivity index (χ1) is 10.1. The molecule has 2 rings (SSSR count). The van der Waals surface area contributed by atoms with Crippen molar-refractivity contribution in [2.75, 3.05) is 17.2 Å². The second kappa shape index (κ2) is 7.14. The lowest BCUT2D eigenvalue weighted by molar-refractivity contribution is -0.115. The zero-order valence-corrected chi connectivity index (χ0v) is 13.0. The van der Waals surface area contributed by atoms with E-state index in [9.17, 15) is 4.79 Å². The van der Waals surface area contributed by atoms with E-state index in [1.54, 1.807) is 0 Å². The lowest BCUT2D eigenvalue weighted by Crippen LogP contribution is -2.16. The van der Waals surface area contributed by atoms with Crippen LogP contribution in [0.5, 0.6) is 0 Å². The predicted octanol–water partition coefficient (Wildman–Crippen LogP) is 4.40. The molecule has 0 radical (unpaired) electrons. The second-order valence-corrected chi connectivity index (χ2v) is 5.41. The van der Waals surface area contributed by atoms with Crippen LogP contribution in [0.1, 0.15) is 17.5 Å². The van der Waals surface area contributed by atoms with Crippen molar-refractivity contribution < 1.29 is 4.79 Å². The van der Waals surface area contributed by atoms with Crippen molar-refractivity contribution in [2.24, 2.45) is 0 Å². The largest absolute Gasteiger partial charge is 0.385 e. The Kier molecular flexibility index (Phi) is 5.23. The van der Waals surface area contributed by atoms with Gasteiger partial charge < -0.3 is 10.6 Å². The predicted molar refractivity (Wildman–Crippen MR) is 89.1 cm³/mol. The molecule has 3 nitrogen and oxygen atoms in total. The van der Waals surface area contributed by atoms with Gasteiger partial charge in [0.05, 0.1) is 0 Å². The van der Waals surface area contributed by atoms with Gasteiger partial charge in [-0.3, -0.25) is 4.79 Å². The van der Waals surface area contributed by atoms with E-state index in [4.69, 9.17) is 11.6 Å². The van der Waals surface area contributed by atoms with E-state index < -0.39 is 0 Å². The number of benzene rings is 2. The molecule has 0 spiro atoms. The number of amides is 1. The van der Waals surface area contributed by atoms with E-state index in [2.05, 4.69) is 16.7 Å². The summed E-state index contributed by atoms with van der Waals surface area (Å²) < 4.78 is 0. The highest BCUT2D eigenvalue weighted by Gasteiger charge is 2.06. The Bertz CT molecular complexity index is 640. The van der Waals surface area contributed by atoms with E-state index in [0.717, 1.165) is 16.9 Å². The summed E-state index contributed by atoms with van der Waals surface area (Å²) in [4.78, 5) is 11.9. The minimum absolute atomic E-state index is 0.0273. The first-order valence-corrected chi connectivity index (χ1v) is 7.29. The van der Waals surface area contributed by atoms with Crippen LogP contribution in [0, 0.1) is 13.8 Å². The molecule has 0 aliphatic carbocycles. The van der Waals surface area contributed by atoms with Crippen LogP contribution in [0.2, 0.25) is 5.02 Å². The molecule has 0 atom stereocenters. The van der Waals surface area contributed by atoms with E-state index in [0.29, 0.717) is 18.0 Å². The number of rotatable bonds is 5. The zero-order chi connectivity index (χ0) is 15.2. The molecule has 1 amide bonds. The van der Waals surface area contributed by atoms with Gasteiger partial charge >= 0.3 is 0 Å². The van der Waals surface area contributed by atoms with Crippen LogP contribution in [0.3, 0.4) is 0 Å². The van der Waals surface area contributed by atoms with E-state index in [1.165, 1.54) is 5.56 Å². The molecular weight excluding hydrogens is 284 g/mol. The summed E-state index contributed by atoms with van der Waals surface area (Å²) in [5, 5.41) is 6.78. The van der Waals surface area contributed by atoms with Crippen LogP contribution < -0.4 is 10.6 Å². The van der Waals surface area contributed by atoms with Crippen molar-refractivity contribution in [3.8, 4) is 0 Å². The number of hydrogen-bond acceptors (Lipinski definition) is 2. The van der Waals surface area contributed by atoms with Crippen LogP contribution in [0.15, 0.2) is 42.5 Å². The average Bonchev–Trinajstić information content (AvgIpc) is 2.44. The highest BCUT2D eigenvalue weighted by atomic mass is 35.5. The highest BCUT2D eigenvalue weighted by Crippen LogP contribution is 2.22. The van der Waals surface area contributed by atoms with Crippen molar-refractivity contribution in [3.63, 3.8) is 0 Å². The molecule has 0 bridgehead atoms. The van der Waals surface area contributed by atoms with Gasteiger partial charge in [0, 0.05) is 29.4 Å². The first kappa shape index (κ1) is 15.4. The lowest BCUT2D eigenvalue weighted by Gasteiger charge is -2.10. The van der Waals surface area contributed by atoms with Crippen LogP contribution in [0.25, 0.3) is 0 Å². The molecule has 0 aliphatic rings.